The van der Waals surface area contributed by atoms with Gasteiger partial charge in [0, 0.05) is 19.1 Å². The van der Waals surface area contributed by atoms with Crippen LogP contribution in [0.15, 0.2) is 61.2 Å². The first-order valence-corrected chi connectivity index (χ1v) is 9.10. The van der Waals surface area contributed by atoms with E-state index < -0.39 is 6.10 Å². The monoisotopic (exact) mass is 366 g/mol. The number of hydrogen-bond donors (Lipinski definition) is 2. The van der Waals surface area contributed by atoms with E-state index in [2.05, 4.69) is 46.6 Å². The maximum atomic E-state index is 10.6. The Kier molecular flexibility index (Phi) is 6.57. The minimum absolute atomic E-state index is 0.107. The normalized spacial score (nSPS) is 13.3. The van der Waals surface area contributed by atoms with Crippen LogP contribution in [0.4, 0.5) is 0 Å². The van der Waals surface area contributed by atoms with Crippen LogP contribution >= 0.6 is 0 Å². The van der Waals surface area contributed by atoms with Crippen LogP contribution in [-0.4, -0.2) is 33.5 Å². The quantitative estimate of drug-likeness (QED) is 0.609. The molecule has 0 fully saturated rings. The highest BCUT2D eigenvalue weighted by molar-refractivity contribution is 5.30. The molecule has 0 radical (unpaired) electrons. The first kappa shape index (κ1) is 19.1. The molecule has 142 valence electrons. The van der Waals surface area contributed by atoms with Gasteiger partial charge in [-0.05, 0) is 36.6 Å². The predicted octanol–water partition coefficient (Wildman–Crippen LogP) is 3.05. The molecule has 1 aromatic heterocycles. The summed E-state index contributed by atoms with van der Waals surface area (Å²) in [7, 11) is 1.63. The molecule has 1 heterocycles. The van der Waals surface area contributed by atoms with Crippen LogP contribution in [0, 0.1) is 6.92 Å². The fourth-order valence-corrected chi connectivity index (χ4v) is 3.02. The van der Waals surface area contributed by atoms with Crippen LogP contribution in [0.1, 0.15) is 35.3 Å². The molecule has 0 aliphatic rings. The van der Waals surface area contributed by atoms with E-state index in [4.69, 9.17) is 4.74 Å². The van der Waals surface area contributed by atoms with E-state index in [0.717, 1.165) is 24.3 Å². The molecule has 2 atom stereocenters. The summed E-state index contributed by atoms with van der Waals surface area (Å²) in [4.78, 5) is 3.99. The third-order valence-electron chi connectivity index (χ3n) is 4.63. The Labute approximate surface area is 159 Å². The molecule has 0 amide bonds. The molecule has 0 spiro atoms. The SMILES string of the molecule is COc1cccc(C(O)CNC(CCn2cncn2)c2ccc(C)cc2)c1. The van der Waals surface area contributed by atoms with Crippen LogP contribution in [0.3, 0.4) is 0 Å². The number of ether oxygens (including phenoxy) is 1. The summed E-state index contributed by atoms with van der Waals surface area (Å²) in [6.07, 6.45) is 3.49. The van der Waals surface area contributed by atoms with E-state index in [0.29, 0.717) is 6.54 Å². The first-order valence-electron chi connectivity index (χ1n) is 9.10. The Morgan fingerprint density at radius 3 is 2.67 bits per heavy atom. The number of benzene rings is 2. The fourth-order valence-electron chi connectivity index (χ4n) is 3.02. The third-order valence-corrected chi connectivity index (χ3v) is 4.63. The van der Waals surface area contributed by atoms with Crippen molar-refractivity contribution in [2.45, 2.75) is 32.0 Å². The van der Waals surface area contributed by atoms with Gasteiger partial charge in [-0.3, -0.25) is 4.68 Å². The summed E-state index contributed by atoms with van der Waals surface area (Å²) in [5.74, 6) is 0.743. The van der Waals surface area contributed by atoms with Gasteiger partial charge >= 0.3 is 0 Å². The second-order valence-electron chi connectivity index (χ2n) is 6.61. The van der Waals surface area contributed by atoms with Gasteiger partial charge in [0.2, 0.25) is 0 Å². The zero-order valence-electron chi connectivity index (χ0n) is 15.7. The van der Waals surface area contributed by atoms with E-state index in [1.807, 2.05) is 28.9 Å². The highest BCUT2D eigenvalue weighted by Crippen LogP contribution is 2.22. The fraction of sp³-hybridized carbons (Fsp3) is 0.333. The highest BCUT2D eigenvalue weighted by atomic mass is 16.5. The second-order valence-corrected chi connectivity index (χ2v) is 6.61. The summed E-state index contributed by atoms with van der Waals surface area (Å²) in [6, 6.07) is 16.1. The molecule has 2 N–H and O–H groups in total. The van der Waals surface area contributed by atoms with Gasteiger partial charge in [0.25, 0.3) is 0 Å². The largest absolute Gasteiger partial charge is 0.497 e. The number of aliphatic hydroxyl groups excluding tert-OH is 1. The lowest BCUT2D eigenvalue weighted by molar-refractivity contribution is 0.168. The predicted molar refractivity (Wildman–Crippen MR) is 105 cm³/mol. The van der Waals surface area contributed by atoms with Gasteiger partial charge in [0.05, 0.1) is 13.2 Å². The van der Waals surface area contributed by atoms with Crippen LogP contribution in [0.2, 0.25) is 0 Å². The number of hydrogen-bond acceptors (Lipinski definition) is 5. The number of aromatic nitrogens is 3. The van der Waals surface area contributed by atoms with E-state index in [9.17, 15) is 5.11 Å². The van der Waals surface area contributed by atoms with E-state index >= 15 is 0 Å². The summed E-state index contributed by atoms with van der Waals surface area (Å²) in [6.45, 7) is 3.28. The Bertz CT molecular complexity index is 818. The number of methoxy groups -OCH3 is 1. The van der Waals surface area contributed by atoms with Crippen molar-refractivity contribution in [2.24, 2.45) is 0 Å². The Balaban J connectivity index is 1.67. The summed E-state index contributed by atoms with van der Waals surface area (Å²) in [5.41, 5.74) is 3.25. The Hall–Kier alpha value is -2.70. The Morgan fingerprint density at radius 2 is 1.96 bits per heavy atom. The first-order chi connectivity index (χ1) is 13.2. The highest BCUT2D eigenvalue weighted by Gasteiger charge is 2.15. The molecular weight excluding hydrogens is 340 g/mol. The summed E-state index contributed by atoms with van der Waals surface area (Å²) in [5, 5.41) is 18.3. The Morgan fingerprint density at radius 1 is 1.15 bits per heavy atom. The average molecular weight is 366 g/mol. The maximum Gasteiger partial charge on any atom is 0.137 e. The molecule has 27 heavy (non-hydrogen) atoms. The van der Waals surface area contributed by atoms with Gasteiger partial charge < -0.3 is 15.2 Å². The zero-order chi connectivity index (χ0) is 19.1. The van der Waals surface area contributed by atoms with Crippen LogP contribution in [0.5, 0.6) is 5.75 Å². The van der Waals surface area contributed by atoms with E-state index in [1.54, 1.807) is 19.8 Å². The minimum Gasteiger partial charge on any atom is -0.497 e. The van der Waals surface area contributed by atoms with Crippen molar-refractivity contribution in [1.29, 1.82) is 0 Å². The van der Waals surface area contributed by atoms with Gasteiger partial charge in [0.1, 0.15) is 18.4 Å². The average Bonchev–Trinajstić information content (AvgIpc) is 3.22. The molecule has 6 nitrogen and oxygen atoms in total. The lowest BCUT2D eigenvalue weighted by Crippen LogP contribution is -2.27. The standard InChI is InChI=1S/C21H26N4O2/c1-16-6-8-17(9-7-16)20(10-11-25-15-22-14-24-25)23-13-21(26)18-4-3-5-19(12-18)27-2/h3-9,12,14-15,20-21,23,26H,10-11,13H2,1-2H3. The molecule has 0 saturated carbocycles. The number of nitrogens with one attached hydrogen (secondary N) is 1. The number of aliphatic hydroxyl groups is 1. The molecule has 2 unspecified atom stereocenters. The number of aryl methyl sites for hydroxylation is 2. The van der Waals surface area contributed by atoms with Crippen LogP contribution in [0.25, 0.3) is 0 Å². The van der Waals surface area contributed by atoms with E-state index in [1.165, 1.54) is 11.1 Å². The van der Waals surface area contributed by atoms with E-state index in [-0.39, 0.29) is 6.04 Å². The summed E-state index contributed by atoms with van der Waals surface area (Å²) >= 11 is 0. The van der Waals surface area contributed by atoms with Crippen molar-refractivity contribution in [1.82, 2.24) is 20.1 Å². The molecule has 6 heteroatoms. The molecule has 0 aliphatic carbocycles. The van der Waals surface area contributed by atoms with Crippen LogP contribution < -0.4 is 10.1 Å². The van der Waals surface area contributed by atoms with Crippen molar-refractivity contribution >= 4 is 0 Å². The lowest BCUT2D eigenvalue weighted by atomic mass is 10.0. The third kappa shape index (κ3) is 5.39. The molecule has 3 rings (SSSR count). The molecule has 0 bridgehead atoms. The number of nitrogens with zero attached hydrogens (tertiary/aromatic N) is 3. The smallest absolute Gasteiger partial charge is 0.137 e. The summed E-state index contributed by atoms with van der Waals surface area (Å²) < 4.78 is 7.06. The maximum absolute atomic E-state index is 10.6. The van der Waals surface area contributed by atoms with Gasteiger partial charge in [-0.2, -0.15) is 5.10 Å². The second kappa shape index (κ2) is 9.30. The van der Waals surface area contributed by atoms with Crippen molar-refractivity contribution in [2.75, 3.05) is 13.7 Å². The van der Waals surface area contributed by atoms with Gasteiger partial charge in [-0.15, -0.1) is 0 Å². The van der Waals surface area contributed by atoms with Crippen molar-refractivity contribution in [3.05, 3.63) is 77.9 Å². The van der Waals surface area contributed by atoms with Gasteiger partial charge in [0.15, 0.2) is 0 Å². The van der Waals surface area contributed by atoms with Crippen molar-refractivity contribution in [3.63, 3.8) is 0 Å². The molecule has 0 aliphatic heterocycles. The van der Waals surface area contributed by atoms with Crippen molar-refractivity contribution < 1.29 is 9.84 Å². The minimum atomic E-state index is -0.612. The zero-order valence-corrected chi connectivity index (χ0v) is 15.7. The van der Waals surface area contributed by atoms with Gasteiger partial charge in [-0.25, -0.2) is 4.98 Å². The number of rotatable bonds is 9. The van der Waals surface area contributed by atoms with Crippen LogP contribution in [-0.2, 0) is 6.54 Å². The molecule has 0 saturated heterocycles. The molecular formula is C21H26N4O2. The van der Waals surface area contributed by atoms with Crippen molar-refractivity contribution in [3.8, 4) is 5.75 Å². The lowest BCUT2D eigenvalue weighted by Gasteiger charge is -2.22. The molecule has 2 aromatic carbocycles. The topological polar surface area (TPSA) is 72.2 Å². The molecule has 3 aromatic rings. The van der Waals surface area contributed by atoms with Gasteiger partial charge in [-0.1, -0.05) is 42.0 Å².